The number of benzene rings is 1. The van der Waals surface area contributed by atoms with Crippen LogP contribution in [0.1, 0.15) is 32.3 Å². The summed E-state index contributed by atoms with van der Waals surface area (Å²) in [5.74, 6) is 1.18. The van der Waals surface area contributed by atoms with Crippen LogP contribution in [0.3, 0.4) is 0 Å². The van der Waals surface area contributed by atoms with Crippen LogP contribution in [0.4, 0.5) is 5.69 Å². The number of hydrogen-bond donors (Lipinski definition) is 2. The molecule has 0 aromatic heterocycles. The van der Waals surface area contributed by atoms with Crippen LogP contribution in [0.25, 0.3) is 0 Å². The van der Waals surface area contributed by atoms with Crippen LogP contribution in [0, 0.1) is 12.3 Å². The van der Waals surface area contributed by atoms with Gasteiger partial charge < -0.3 is 20.5 Å². The molecule has 1 rings (SSSR count). The molecule has 0 aliphatic carbocycles. The average Bonchev–Trinajstić information content (AvgIpc) is 2.51. The van der Waals surface area contributed by atoms with Gasteiger partial charge in [-0.1, -0.05) is 13.8 Å². The molecule has 1 aromatic rings. The van der Waals surface area contributed by atoms with E-state index in [0.29, 0.717) is 30.9 Å². The number of amides is 1. The molecule has 5 nitrogen and oxygen atoms in total. The maximum Gasteiger partial charge on any atom is 0.231 e. The summed E-state index contributed by atoms with van der Waals surface area (Å²) in [6.07, 6.45) is 1.41. The molecule has 0 fully saturated rings. The lowest BCUT2D eigenvalue weighted by molar-refractivity contribution is -0.125. The number of methoxy groups -OCH3 is 2. The Morgan fingerprint density at radius 3 is 2.14 bits per heavy atom. The molecule has 1 amide bonds. The summed E-state index contributed by atoms with van der Waals surface area (Å²) in [6, 6.07) is 3.62. The van der Waals surface area contributed by atoms with Gasteiger partial charge in [0, 0.05) is 18.3 Å². The number of aryl methyl sites for hydroxylation is 1. The Kier molecular flexibility index (Phi) is 6.03. The minimum absolute atomic E-state index is 0.0506. The number of nitrogens with two attached hydrogens (primary N) is 1. The highest BCUT2D eigenvalue weighted by Crippen LogP contribution is 2.34. The lowest BCUT2D eigenvalue weighted by Gasteiger charge is -2.29. The van der Waals surface area contributed by atoms with Crippen LogP contribution in [-0.4, -0.2) is 26.7 Å². The van der Waals surface area contributed by atoms with E-state index in [-0.39, 0.29) is 5.91 Å². The Balaban J connectivity index is 3.10. The molecule has 5 heteroatoms. The van der Waals surface area contributed by atoms with Crippen LogP contribution in [0.2, 0.25) is 0 Å². The third-order valence-electron chi connectivity index (χ3n) is 4.20. The van der Waals surface area contributed by atoms with E-state index in [1.165, 1.54) is 0 Å². The number of rotatable bonds is 7. The minimum atomic E-state index is -0.528. The van der Waals surface area contributed by atoms with Crippen molar-refractivity contribution < 1.29 is 14.3 Å². The molecule has 0 heterocycles. The van der Waals surface area contributed by atoms with Gasteiger partial charge in [0.2, 0.25) is 5.91 Å². The van der Waals surface area contributed by atoms with Gasteiger partial charge in [0.05, 0.1) is 19.6 Å². The number of carbonyl (C=O) groups excluding carboxylic acids is 1. The van der Waals surface area contributed by atoms with E-state index < -0.39 is 5.41 Å². The summed E-state index contributed by atoms with van der Waals surface area (Å²) < 4.78 is 10.5. The summed E-state index contributed by atoms with van der Waals surface area (Å²) in [5, 5.41) is 2.98. The van der Waals surface area contributed by atoms with E-state index in [2.05, 4.69) is 5.32 Å². The molecule has 0 bridgehead atoms. The summed E-state index contributed by atoms with van der Waals surface area (Å²) in [7, 11) is 3.16. The Hall–Kier alpha value is -1.75. The van der Waals surface area contributed by atoms with Gasteiger partial charge >= 0.3 is 0 Å². The average molecular weight is 294 g/mol. The lowest BCUT2D eigenvalue weighted by Crippen LogP contribution is -2.41. The molecule has 21 heavy (non-hydrogen) atoms. The van der Waals surface area contributed by atoms with E-state index in [1.807, 2.05) is 26.8 Å². The Bertz CT molecular complexity index is 488. The summed E-state index contributed by atoms with van der Waals surface area (Å²) in [6.45, 7) is 6.21. The monoisotopic (exact) mass is 294 g/mol. The zero-order valence-electron chi connectivity index (χ0n) is 13.6. The van der Waals surface area contributed by atoms with Crippen molar-refractivity contribution in [2.75, 3.05) is 26.1 Å². The number of nitrogens with one attached hydrogen (secondary N) is 1. The highest BCUT2D eigenvalue weighted by Gasteiger charge is 2.33. The Morgan fingerprint density at radius 2 is 1.71 bits per heavy atom. The van der Waals surface area contributed by atoms with Gasteiger partial charge in [-0.25, -0.2) is 0 Å². The van der Waals surface area contributed by atoms with Crippen molar-refractivity contribution in [1.29, 1.82) is 0 Å². The van der Waals surface area contributed by atoms with Gasteiger partial charge in [-0.05, 0) is 31.4 Å². The fourth-order valence-corrected chi connectivity index (χ4v) is 2.32. The van der Waals surface area contributed by atoms with Gasteiger partial charge in [-0.3, -0.25) is 4.79 Å². The Labute approximate surface area is 126 Å². The molecule has 118 valence electrons. The first-order valence-corrected chi connectivity index (χ1v) is 7.22. The molecule has 0 radical (unpaired) electrons. The first kappa shape index (κ1) is 17.3. The van der Waals surface area contributed by atoms with Crippen LogP contribution in [0.15, 0.2) is 12.1 Å². The van der Waals surface area contributed by atoms with Gasteiger partial charge in [0.15, 0.2) is 11.5 Å². The van der Waals surface area contributed by atoms with Gasteiger partial charge in [-0.15, -0.1) is 0 Å². The quantitative estimate of drug-likeness (QED) is 0.811. The van der Waals surface area contributed by atoms with Crippen molar-refractivity contribution in [3.8, 4) is 11.5 Å². The van der Waals surface area contributed by atoms with E-state index in [0.717, 1.165) is 11.3 Å². The number of ether oxygens (including phenoxy) is 2. The normalized spacial score (nSPS) is 11.1. The van der Waals surface area contributed by atoms with Crippen molar-refractivity contribution in [1.82, 2.24) is 0 Å². The molecule has 0 saturated carbocycles. The van der Waals surface area contributed by atoms with Gasteiger partial charge in [-0.2, -0.15) is 0 Å². The highest BCUT2D eigenvalue weighted by atomic mass is 16.5. The minimum Gasteiger partial charge on any atom is -0.493 e. The number of hydrogen-bond acceptors (Lipinski definition) is 4. The Morgan fingerprint density at radius 1 is 1.19 bits per heavy atom. The van der Waals surface area contributed by atoms with Crippen LogP contribution < -0.4 is 20.5 Å². The summed E-state index contributed by atoms with van der Waals surface area (Å²) >= 11 is 0. The maximum absolute atomic E-state index is 12.6. The topological polar surface area (TPSA) is 73.6 Å². The van der Waals surface area contributed by atoms with Gasteiger partial charge in [0.25, 0.3) is 0 Å². The van der Waals surface area contributed by atoms with Crippen molar-refractivity contribution in [3.05, 3.63) is 17.7 Å². The van der Waals surface area contributed by atoms with Crippen molar-refractivity contribution in [2.45, 2.75) is 33.6 Å². The standard InChI is InChI=1S/C16H26N2O3/c1-6-16(7-2,10-17)15(19)18-12-9-14(21-5)13(20-4)8-11(12)3/h8-9H,6-7,10,17H2,1-5H3,(H,18,19). The molecule has 0 spiro atoms. The predicted octanol–water partition coefficient (Wildman–Crippen LogP) is 2.72. The fourth-order valence-electron chi connectivity index (χ4n) is 2.32. The third-order valence-corrected chi connectivity index (χ3v) is 4.20. The molecule has 0 aliphatic rings. The van der Waals surface area contributed by atoms with Crippen LogP contribution in [0.5, 0.6) is 11.5 Å². The zero-order valence-corrected chi connectivity index (χ0v) is 13.6. The number of carbonyl (C=O) groups is 1. The van der Waals surface area contributed by atoms with Crippen molar-refractivity contribution in [2.24, 2.45) is 11.1 Å². The molecule has 0 unspecified atom stereocenters. The first-order chi connectivity index (χ1) is 9.97. The second-order valence-corrected chi connectivity index (χ2v) is 5.17. The first-order valence-electron chi connectivity index (χ1n) is 7.22. The van der Waals surface area contributed by atoms with Crippen molar-refractivity contribution >= 4 is 11.6 Å². The predicted molar refractivity (Wildman–Crippen MR) is 85.0 cm³/mol. The van der Waals surface area contributed by atoms with Crippen molar-refractivity contribution in [3.63, 3.8) is 0 Å². The van der Waals surface area contributed by atoms with Crippen LogP contribution in [-0.2, 0) is 4.79 Å². The lowest BCUT2D eigenvalue weighted by atomic mass is 9.81. The SMILES string of the molecule is CCC(CC)(CN)C(=O)Nc1cc(OC)c(OC)cc1C. The number of anilines is 1. The third kappa shape index (κ3) is 3.47. The second kappa shape index (κ2) is 7.31. The van der Waals surface area contributed by atoms with E-state index >= 15 is 0 Å². The molecule has 0 saturated heterocycles. The zero-order chi connectivity index (χ0) is 16.0. The second-order valence-electron chi connectivity index (χ2n) is 5.17. The van der Waals surface area contributed by atoms with E-state index in [4.69, 9.17) is 15.2 Å². The fraction of sp³-hybridized carbons (Fsp3) is 0.562. The molecule has 0 atom stereocenters. The van der Waals surface area contributed by atoms with E-state index in [9.17, 15) is 4.79 Å². The highest BCUT2D eigenvalue weighted by molar-refractivity contribution is 5.96. The molecular formula is C16H26N2O3. The van der Waals surface area contributed by atoms with Gasteiger partial charge in [0.1, 0.15) is 0 Å². The molecular weight excluding hydrogens is 268 g/mol. The van der Waals surface area contributed by atoms with E-state index in [1.54, 1.807) is 20.3 Å². The molecule has 0 aliphatic heterocycles. The molecule has 3 N–H and O–H groups in total. The summed E-state index contributed by atoms with van der Waals surface area (Å²) in [5.41, 5.74) is 6.93. The molecule has 1 aromatic carbocycles. The smallest absolute Gasteiger partial charge is 0.231 e. The largest absolute Gasteiger partial charge is 0.493 e. The maximum atomic E-state index is 12.6. The summed E-state index contributed by atoms with van der Waals surface area (Å²) in [4.78, 5) is 12.6. The van der Waals surface area contributed by atoms with Crippen LogP contribution >= 0.6 is 0 Å².